The molecule has 0 bridgehead atoms. The van der Waals surface area contributed by atoms with Crippen LogP contribution in [0.15, 0.2) is 18.3 Å². The number of nitrogens with zero attached hydrogens (tertiary/aromatic N) is 2. The Bertz CT molecular complexity index is 597. The third-order valence-corrected chi connectivity index (χ3v) is 4.52. The average Bonchev–Trinajstić information content (AvgIpc) is 2.88. The van der Waals surface area contributed by atoms with Crippen LogP contribution in [0.3, 0.4) is 0 Å². The third-order valence-electron chi connectivity index (χ3n) is 3.36. The van der Waals surface area contributed by atoms with Gasteiger partial charge in [-0.3, -0.25) is 4.79 Å². The van der Waals surface area contributed by atoms with Crippen LogP contribution in [0.5, 0.6) is 0 Å². The summed E-state index contributed by atoms with van der Waals surface area (Å²) in [7, 11) is 0. The van der Waals surface area contributed by atoms with Crippen molar-refractivity contribution >= 4 is 23.1 Å². The van der Waals surface area contributed by atoms with Crippen molar-refractivity contribution in [2.24, 2.45) is 5.73 Å². The predicted octanol–water partition coefficient (Wildman–Crippen LogP) is 2.13. The Morgan fingerprint density at radius 2 is 2.20 bits per heavy atom. The summed E-state index contributed by atoms with van der Waals surface area (Å²) in [6.07, 6.45) is 6.28. The Balaban J connectivity index is 1.64. The molecule has 1 aliphatic rings. The largest absolute Gasteiger partial charge is 0.366 e. The number of amides is 1. The molecule has 0 unspecified atom stereocenters. The number of nitrogens with one attached hydrogen (secondary N) is 1. The Morgan fingerprint density at radius 1 is 1.35 bits per heavy atom. The van der Waals surface area contributed by atoms with E-state index >= 15 is 0 Å². The number of carbonyl (C=O) groups is 1. The number of rotatable bonds is 4. The van der Waals surface area contributed by atoms with Crippen molar-refractivity contribution in [3.63, 3.8) is 0 Å². The zero-order chi connectivity index (χ0) is 13.9. The molecule has 3 N–H and O–H groups in total. The van der Waals surface area contributed by atoms with E-state index in [-0.39, 0.29) is 0 Å². The normalized spacial score (nSPS) is 13.8. The number of aryl methyl sites for hydroxylation is 2. The van der Waals surface area contributed by atoms with Crippen LogP contribution in [-0.4, -0.2) is 15.9 Å². The van der Waals surface area contributed by atoms with Crippen LogP contribution in [0, 0.1) is 0 Å². The summed E-state index contributed by atoms with van der Waals surface area (Å²) in [5, 5.41) is 4.32. The van der Waals surface area contributed by atoms with Crippen molar-refractivity contribution in [3.05, 3.63) is 39.5 Å². The van der Waals surface area contributed by atoms with Gasteiger partial charge in [-0.25, -0.2) is 9.97 Å². The van der Waals surface area contributed by atoms with Crippen molar-refractivity contribution in [2.45, 2.75) is 32.2 Å². The molecule has 2 aromatic rings. The van der Waals surface area contributed by atoms with Gasteiger partial charge in [-0.2, -0.15) is 0 Å². The number of pyridine rings is 1. The molecule has 2 heterocycles. The Hall–Kier alpha value is -1.95. The van der Waals surface area contributed by atoms with Crippen LogP contribution < -0.4 is 11.1 Å². The first-order valence-corrected chi connectivity index (χ1v) is 7.51. The first-order chi connectivity index (χ1) is 9.72. The van der Waals surface area contributed by atoms with Gasteiger partial charge < -0.3 is 11.1 Å². The molecule has 0 radical (unpaired) electrons. The summed E-state index contributed by atoms with van der Waals surface area (Å²) in [5.74, 6) is 0.264. The van der Waals surface area contributed by atoms with Gasteiger partial charge in [0.05, 0.1) is 17.8 Å². The van der Waals surface area contributed by atoms with Gasteiger partial charge >= 0.3 is 0 Å². The van der Waals surface area contributed by atoms with Gasteiger partial charge in [-0.05, 0) is 37.8 Å². The first kappa shape index (κ1) is 13.1. The number of carbonyl (C=O) groups excluding carboxylic acids is 1. The van der Waals surface area contributed by atoms with Gasteiger partial charge in [0.15, 0.2) is 0 Å². The topological polar surface area (TPSA) is 80.9 Å². The second-order valence-electron chi connectivity index (χ2n) is 4.83. The van der Waals surface area contributed by atoms with E-state index < -0.39 is 5.91 Å². The number of hydrogen-bond acceptors (Lipinski definition) is 5. The Labute approximate surface area is 121 Å². The fourth-order valence-corrected chi connectivity index (χ4v) is 3.39. The second kappa shape index (κ2) is 5.58. The molecule has 0 saturated carbocycles. The highest BCUT2D eigenvalue weighted by Crippen LogP contribution is 2.26. The number of primary amides is 1. The van der Waals surface area contributed by atoms with Crippen LogP contribution in [0.25, 0.3) is 0 Å². The number of fused-ring (bicyclic) bond motifs is 1. The molecule has 6 heteroatoms. The van der Waals surface area contributed by atoms with Gasteiger partial charge in [0.2, 0.25) is 5.91 Å². The molecule has 0 spiro atoms. The van der Waals surface area contributed by atoms with E-state index in [1.165, 1.54) is 36.0 Å². The molecular weight excluding hydrogens is 272 g/mol. The molecule has 3 rings (SSSR count). The van der Waals surface area contributed by atoms with Crippen LogP contribution in [0.4, 0.5) is 5.82 Å². The summed E-state index contributed by atoms with van der Waals surface area (Å²) in [4.78, 5) is 21.2. The van der Waals surface area contributed by atoms with E-state index in [4.69, 9.17) is 5.73 Å². The zero-order valence-corrected chi connectivity index (χ0v) is 11.9. The molecule has 0 fully saturated rings. The van der Waals surface area contributed by atoms with Crippen LogP contribution in [0.1, 0.15) is 38.8 Å². The third kappa shape index (κ3) is 2.80. The molecular formula is C14H16N4OS. The summed E-state index contributed by atoms with van der Waals surface area (Å²) in [6, 6.07) is 3.43. The SMILES string of the molecule is NC(=O)c1ccc(NCc2nc3c(s2)CCCC3)nc1. The lowest BCUT2D eigenvalue weighted by molar-refractivity contribution is 0.1000. The lowest BCUT2D eigenvalue weighted by Crippen LogP contribution is -2.11. The van der Waals surface area contributed by atoms with Crippen molar-refractivity contribution in [3.8, 4) is 0 Å². The maximum absolute atomic E-state index is 11.0. The molecule has 1 amide bonds. The highest BCUT2D eigenvalue weighted by molar-refractivity contribution is 7.11. The van der Waals surface area contributed by atoms with E-state index in [0.29, 0.717) is 12.1 Å². The highest BCUT2D eigenvalue weighted by atomic mass is 32.1. The number of nitrogens with two attached hydrogens (primary N) is 1. The van der Waals surface area contributed by atoms with E-state index in [2.05, 4.69) is 15.3 Å². The monoisotopic (exact) mass is 288 g/mol. The van der Waals surface area contributed by atoms with Crippen LogP contribution >= 0.6 is 11.3 Å². The fourth-order valence-electron chi connectivity index (χ4n) is 2.29. The van der Waals surface area contributed by atoms with E-state index in [1.807, 2.05) is 0 Å². The molecule has 20 heavy (non-hydrogen) atoms. The first-order valence-electron chi connectivity index (χ1n) is 6.69. The smallest absolute Gasteiger partial charge is 0.250 e. The van der Waals surface area contributed by atoms with Crippen LogP contribution in [-0.2, 0) is 19.4 Å². The van der Waals surface area contributed by atoms with Crippen molar-refractivity contribution in [1.29, 1.82) is 0 Å². The second-order valence-corrected chi connectivity index (χ2v) is 6.00. The predicted molar refractivity (Wildman–Crippen MR) is 78.8 cm³/mol. The summed E-state index contributed by atoms with van der Waals surface area (Å²) in [5.41, 5.74) is 6.87. The van der Waals surface area contributed by atoms with Gasteiger partial charge in [0.25, 0.3) is 0 Å². The number of aromatic nitrogens is 2. The molecule has 0 aliphatic heterocycles. The summed E-state index contributed by atoms with van der Waals surface area (Å²) < 4.78 is 0. The maximum atomic E-state index is 11.0. The minimum atomic E-state index is -0.461. The van der Waals surface area contributed by atoms with E-state index in [1.54, 1.807) is 23.5 Å². The van der Waals surface area contributed by atoms with Crippen molar-refractivity contribution in [2.75, 3.05) is 5.32 Å². The van der Waals surface area contributed by atoms with Crippen molar-refractivity contribution in [1.82, 2.24) is 9.97 Å². The Morgan fingerprint density at radius 3 is 2.90 bits per heavy atom. The highest BCUT2D eigenvalue weighted by Gasteiger charge is 2.14. The zero-order valence-electron chi connectivity index (χ0n) is 11.1. The maximum Gasteiger partial charge on any atom is 0.250 e. The summed E-state index contributed by atoms with van der Waals surface area (Å²) in [6.45, 7) is 0.667. The van der Waals surface area contributed by atoms with E-state index in [9.17, 15) is 4.79 Å². The van der Waals surface area contributed by atoms with E-state index in [0.717, 1.165) is 17.2 Å². The van der Waals surface area contributed by atoms with Gasteiger partial charge in [-0.15, -0.1) is 11.3 Å². The quantitative estimate of drug-likeness (QED) is 0.903. The minimum absolute atomic E-state index is 0.417. The lowest BCUT2D eigenvalue weighted by Gasteiger charge is -2.06. The van der Waals surface area contributed by atoms with Gasteiger partial charge in [-0.1, -0.05) is 0 Å². The average molecular weight is 288 g/mol. The molecule has 2 aromatic heterocycles. The number of anilines is 1. The van der Waals surface area contributed by atoms with Gasteiger partial charge in [0, 0.05) is 11.1 Å². The van der Waals surface area contributed by atoms with Crippen molar-refractivity contribution < 1.29 is 4.79 Å². The Kier molecular flexibility index (Phi) is 3.64. The fraction of sp³-hybridized carbons (Fsp3) is 0.357. The lowest BCUT2D eigenvalue weighted by atomic mass is 10.0. The molecule has 104 valence electrons. The molecule has 0 atom stereocenters. The molecule has 0 aromatic carbocycles. The minimum Gasteiger partial charge on any atom is -0.366 e. The molecule has 0 saturated heterocycles. The number of thiazole rings is 1. The van der Waals surface area contributed by atoms with Crippen LogP contribution in [0.2, 0.25) is 0 Å². The van der Waals surface area contributed by atoms with Gasteiger partial charge in [0.1, 0.15) is 10.8 Å². The standard InChI is InChI=1S/C14H16N4OS/c15-14(19)9-5-6-12(16-7-9)17-8-13-18-10-3-1-2-4-11(10)20-13/h5-7H,1-4,8H2,(H2,15,19)(H,16,17). The molecule has 1 aliphatic carbocycles. The number of hydrogen-bond donors (Lipinski definition) is 2. The molecule has 5 nitrogen and oxygen atoms in total. The summed E-state index contributed by atoms with van der Waals surface area (Å²) >= 11 is 1.79.